The summed E-state index contributed by atoms with van der Waals surface area (Å²) in [5.41, 5.74) is -0.227. The van der Waals surface area contributed by atoms with Crippen LogP contribution in [0.3, 0.4) is 0 Å². The Balaban J connectivity index is 1.27. The largest absolute Gasteiger partial charge is 0.493 e. The van der Waals surface area contributed by atoms with Gasteiger partial charge in [0.25, 0.3) is 0 Å². The summed E-state index contributed by atoms with van der Waals surface area (Å²) in [6, 6.07) is 3.57. The number of carbonyl (C=O) groups is 4. The Bertz CT molecular complexity index is 1340. The summed E-state index contributed by atoms with van der Waals surface area (Å²) in [5, 5.41) is 12.2. The van der Waals surface area contributed by atoms with Gasteiger partial charge < -0.3 is 33.7 Å². The van der Waals surface area contributed by atoms with Gasteiger partial charge in [-0.1, -0.05) is 6.07 Å². The van der Waals surface area contributed by atoms with Crippen LogP contribution in [0.15, 0.2) is 24.0 Å². The van der Waals surface area contributed by atoms with E-state index in [1.54, 1.807) is 12.1 Å². The minimum Gasteiger partial charge on any atom is -0.493 e. The number of esters is 4. The van der Waals surface area contributed by atoms with Gasteiger partial charge in [0.05, 0.1) is 31.0 Å². The number of likely N-dealkylation sites (N-methyl/N-ethyl adjacent to an activating group) is 1. The lowest BCUT2D eigenvalue weighted by Crippen LogP contribution is -2.74. The zero-order chi connectivity index (χ0) is 29.9. The van der Waals surface area contributed by atoms with Crippen LogP contribution in [0.25, 0.3) is 0 Å². The molecule has 0 aromatic heterocycles. The number of alkyl halides is 3. The van der Waals surface area contributed by atoms with E-state index >= 15 is 0 Å². The molecule has 0 unspecified atom stereocenters. The predicted octanol–water partition coefficient (Wildman–Crippen LogP) is 1.86. The summed E-state index contributed by atoms with van der Waals surface area (Å²) in [4.78, 5) is 49.4. The van der Waals surface area contributed by atoms with Crippen LogP contribution in [-0.2, 0) is 45.2 Å². The fourth-order valence-corrected chi connectivity index (χ4v) is 6.51. The first-order chi connectivity index (χ1) is 19.2. The quantitative estimate of drug-likeness (QED) is 0.286. The normalized spacial score (nSPS) is 28.4. The second kappa shape index (κ2) is 10.0. The Kier molecular flexibility index (Phi) is 7.05. The molecule has 2 heterocycles. The lowest BCUT2D eigenvalue weighted by molar-refractivity contribution is -0.205. The molecule has 11 nitrogen and oxygen atoms in total. The zero-order valence-corrected chi connectivity index (χ0v) is 22.4. The van der Waals surface area contributed by atoms with Crippen LogP contribution >= 0.6 is 0 Å². The van der Waals surface area contributed by atoms with E-state index in [0.29, 0.717) is 30.9 Å². The highest BCUT2D eigenvalue weighted by atomic mass is 19.4. The number of piperidine rings is 1. The molecule has 2 bridgehead atoms. The van der Waals surface area contributed by atoms with E-state index in [9.17, 15) is 37.5 Å². The first kappa shape index (κ1) is 28.9. The van der Waals surface area contributed by atoms with Crippen LogP contribution in [0.2, 0.25) is 0 Å². The van der Waals surface area contributed by atoms with Crippen molar-refractivity contribution in [2.45, 2.75) is 74.5 Å². The molecular formula is C27H28F3NO10. The van der Waals surface area contributed by atoms with Crippen LogP contribution in [0.1, 0.15) is 43.7 Å². The number of hydrogen-bond acceptors (Lipinski definition) is 11. The molecule has 2 aliphatic heterocycles. The van der Waals surface area contributed by atoms with Gasteiger partial charge in [-0.3, -0.25) is 9.59 Å². The minimum absolute atomic E-state index is 0.185. The fourth-order valence-electron chi connectivity index (χ4n) is 6.51. The molecule has 0 saturated carbocycles. The maximum Gasteiger partial charge on any atom is 0.491 e. The van der Waals surface area contributed by atoms with Crippen LogP contribution in [0, 0.1) is 0 Å². The third-order valence-corrected chi connectivity index (χ3v) is 8.39. The van der Waals surface area contributed by atoms with Crippen molar-refractivity contribution in [2.75, 3.05) is 20.7 Å². The summed E-state index contributed by atoms with van der Waals surface area (Å²) in [6.07, 6.45) is -6.16. The number of aliphatic hydroxyl groups is 1. The van der Waals surface area contributed by atoms with E-state index in [-0.39, 0.29) is 18.2 Å². The van der Waals surface area contributed by atoms with Crippen molar-refractivity contribution in [2.24, 2.45) is 0 Å². The number of rotatable bonds is 7. The van der Waals surface area contributed by atoms with Crippen LogP contribution < -0.4 is 9.47 Å². The summed E-state index contributed by atoms with van der Waals surface area (Å²) < 4.78 is 62.6. The van der Waals surface area contributed by atoms with Crippen molar-refractivity contribution in [1.82, 2.24) is 4.90 Å². The number of hydrogen-bond donors (Lipinski definition) is 1. The number of carbonyl (C=O) groups excluding carboxylic acids is 4. The Morgan fingerprint density at radius 1 is 1.20 bits per heavy atom. The molecule has 1 saturated heterocycles. The fraction of sp³-hybridized carbons (Fsp3) is 0.556. The van der Waals surface area contributed by atoms with E-state index in [0.717, 1.165) is 18.1 Å². The van der Waals surface area contributed by atoms with Crippen LogP contribution in [-0.4, -0.2) is 84.6 Å². The molecule has 1 N–H and O–H groups in total. The molecule has 1 spiro atoms. The van der Waals surface area contributed by atoms with Crippen molar-refractivity contribution in [3.8, 4) is 11.5 Å². The maximum atomic E-state index is 12.8. The highest BCUT2D eigenvalue weighted by molar-refractivity contribution is 5.91. The zero-order valence-electron chi connectivity index (χ0n) is 22.4. The molecule has 222 valence electrons. The van der Waals surface area contributed by atoms with Crippen molar-refractivity contribution in [3.05, 3.63) is 35.1 Å². The number of methoxy groups -OCH3 is 1. The molecule has 41 heavy (non-hydrogen) atoms. The predicted molar refractivity (Wildman–Crippen MR) is 130 cm³/mol. The third-order valence-electron chi connectivity index (χ3n) is 8.39. The molecule has 1 fully saturated rings. The standard InChI is InChI=1S/C27H28F3NO10/c1-13(23(34)41-24(35)27(28,29)30)38-18(32)6-7-19(33)39-16-8-9-26(36)17-12-14-4-5-15(37-3)21-20(14)25(26,22(16)40-21)10-11-31(17)2/h4-5,8,13,17,22,36H,6-7,9-12H2,1-3H3/t13-,17+,22-,25-,26+/m0/s1. The van der Waals surface area contributed by atoms with Gasteiger partial charge in [-0.15, -0.1) is 0 Å². The summed E-state index contributed by atoms with van der Waals surface area (Å²) in [5.74, 6) is -5.20. The summed E-state index contributed by atoms with van der Waals surface area (Å²) in [6.45, 7) is 1.59. The van der Waals surface area contributed by atoms with Crippen molar-refractivity contribution < 1.29 is 61.1 Å². The van der Waals surface area contributed by atoms with Gasteiger partial charge in [0.2, 0.25) is 0 Å². The first-order valence-corrected chi connectivity index (χ1v) is 13.0. The van der Waals surface area contributed by atoms with Crippen molar-refractivity contribution in [1.29, 1.82) is 0 Å². The molecule has 0 amide bonds. The highest BCUT2D eigenvalue weighted by Gasteiger charge is 2.72. The van der Waals surface area contributed by atoms with E-state index < -0.39 is 66.1 Å². The number of halogens is 3. The second-order valence-corrected chi connectivity index (χ2v) is 10.6. The summed E-state index contributed by atoms with van der Waals surface area (Å²) >= 11 is 0. The third kappa shape index (κ3) is 4.53. The van der Waals surface area contributed by atoms with Crippen LogP contribution in [0.5, 0.6) is 11.5 Å². The van der Waals surface area contributed by atoms with Crippen LogP contribution in [0.4, 0.5) is 13.2 Å². The molecule has 5 atom stereocenters. The van der Waals surface area contributed by atoms with Gasteiger partial charge in [0.15, 0.2) is 23.7 Å². The Labute approximate surface area is 232 Å². The molecule has 2 aliphatic carbocycles. The minimum atomic E-state index is -5.39. The van der Waals surface area contributed by atoms with E-state index in [4.69, 9.17) is 14.2 Å². The topological polar surface area (TPSA) is 138 Å². The van der Waals surface area contributed by atoms with E-state index in [1.807, 2.05) is 13.1 Å². The van der Waals surface area contributed by atoms with Crippen molar-refractivity contribution in [3.63, 3.8) is 0 Å². The van der Waals surface area contributed by atoms with Gasteiger partial charge in [0, 0.05) is 18.0 Å². The average Bonchev–Trinajstić information content (AvgIpc) is 3.26. The lowest BCUT2D eigenvalue weighted by atomic mass is 9.50. The Morgan fingerprint density at radius 3 is 2.59 bits per heavy atom. The number of nitrogens with zero attached hydrogens (tertiary/aromatic N) is 1. The highest BCUT2D eigenvalue weighted by Crippen LogP contribution is 2.65. The van der Waals surface area contributed by atoms with Gasteiger partial charge >= 0.3 is 30.1 Å². The Hall–Kier alpha value is -3.65. The second-order valence-electron chi connectivity index (χ2n) is 10.6. The van der Waals surface area contributed by atoms with Crippen molar-refractivity contribution >= 4 is 23.9 Å². The number of ether oxygens (including phenoxy) is 5. The molecule has 1 aromatic carbocycles. The maximum absolute atomic E-state index is 12.8. The lowest BCUT2D eigenvalue weighted by Gasteiger charge is -2.61. The molecule has 1 aromatic rings. The average molecular weight is 584 g/mol. The SMILES string of the molecule is COc1ccc2c3c1O[C@H]1C(OC(=O)CCC(=O)O[C@@H](C)C(=O)OC(=O)C(F)(F)F)=CC[C@@]4(O)[C@@H](C2)N(C)CC[C@]314. The van der Waals surface area contributed by atoms with E-state index in [1.165, 1.54) is 7.11 Å². The monoisotopic (exact) mass is 583 g/mol. The van der Waals surface area contributed by atoms with E-state index in [2.05, 4.69) is 14.4 Å². The molecule has 5 rings (SSSR count). The Morgan fingerprint density at radius 2 is 1.90 bits per heavy atom. The number of likely N-dealkylation sites (tertiary alicyclic amines) is 1. The summed E-state index contributed by atoms with van der Waals surface area (Å²) in [7, 11) is 3.47. The van der Waals surface area contributed by atoms with Gasteiger partial charge in [-0.05, 0) is 51.1 Å². The smallest absolute Gasteiger partial charge is 0.491 e. The molecular weight excluding hydrogens is 555 g/mol. The van der Waals surface area contributed by atoms with Gasteiger partial charge in [0.1, 0.15) is 5.76 Å². The molecule has 0 radical (unpaired) electrons. The number of benzene rings is 1. The molecule has 14 heteroatoms. The molecule has 4 aliphatic rings. The van der Waals surface area contributed by atoms with Gasteiger partial charge in [-0.2, -0.15) is 13.2 Å². The first-order valence-electron chi connectivity index (χ1n) is 13.0. The van der Waals surface area contributed by atoms with Gasteiger partial charge in [-0.25, -0.2) is 9.59 Å².